The second-order valence-corrected chi connectivity index (χ2v) is 1.00. The Labute approximate surface area is 74.3 Å². The van der Waals surface area contributed by atoms with Crippen molar-refractivity contribution in [1.29, 1.82) is 0 Å². The Balaban J connectivity index is -0.0000000312. The average Bonchev–Trinajstić information content (AvgIpc) is 1.76. The molecule has 0 aliphatic heterocycles. The van der Waals surface area contributed by atoms with Gasteiger partial charge < -0.3 is 0 Å². The Kier molecular flexibility index (Phi) is 40.0. The van der Waals surface area contributed by atoms with Gasteiger partial charge >= 0.3 is 0 Å². The first-order valence-corrected chi connectivity index (χ1v) is 1.72. The summed E-state index contributed by atoms with van der Waals surface area (Å²) in [6, 6.07) is 0. The molecule has 0 nitrogen and oxygen atoms in total. The summed E-state index contributed by atoms with van der Waals surface area (Å²) in [6.45, 7) is 0. The molecule has 56 valence electrons. The maximum absolute atomic E-state index is 2.99. The SMILES string of the molecule is C.C.C.[C-]1=CC=CC1.[Mo]. The van der Waals surface area contributed by atoms with E-state index in [4.69, 9.17) is 0 Å². The number of rotatable bonds is 0. The zero-order chi connectivity index (χ0) is 3.54. The minimum atomic E-state index is 0. The Hall–Kier alpha value is 0.168. The molecule has 0 aromatic heterocycles. The first-order chi connectivity index (χ1) is 2.50. The largest absolute Gasteiger partial charge is 0.273 e. The summed E-state index contributed by atoms with van der Waals surface area (Å²) in [4.78, 5) is 0. The molecular formula is C8H17Mo-. The van der Waals surface area contributed by atoms with Gasteiger partial charge in [-0.2, -0.15) is 6.08 Å². The molecular weight excluding hydrogens is 192 g/mol. The number of hydrogen-bond acceptors (Lipinski definition) is 0. The smallest absolute Gasteiger partial charge is 0 e. The van der Waals surface area contributed by atoms with Crippen LogP contribution in [0.2, 0.25) is 0 Å². The zero-order valence-corrected chi connectivity index (χ0v) is 5.35. The van der Waals surface area contributed by atoms with Crippen LogP contribution in [0.15, 0.2) is 18.2 Å². The minimum Gasteiger partial charge on any atom is -0.273 e. The van der Waals surface area contributed by atoms with Crippen molar-refractivity contribution < 1.29 is 21.1 Å². The molecule has 0 aromatic carbocycles. The van der Waals surface area contributed by atoms with Gasteiger partial charge in [-0.25, -0.2) is 12.2 Å². The van der Waals surface area contributed by atoms with Crippen LogP contribution in [-0.4, -0.2) is 0 Å². The second-order valence-electron chi connectivity index (χ2n) is 1.00. The fourth-order valence-corrected chi connectivity index (χ4v) is 0.340. The van der Waals surface area contributed by atoms with Crippen LogP contribution in [0, 0.1) is 6.08 Å². The summed E-state index contributed by atoms with van der Waals surface area (Å²) in [5.41, 5.74) is 0. The molecule has 0 unspecified atom stereocenters. The molecule has 0 bridgehead atoms. The van der Waals surface area contributed by atoms with Gasteiger partial charge in [0.15, 0.2) is 0 Å². The molecule has 1 rings (SSSR count). The van der Waals surface area contributed by atoms with Crippen LogP contribution in [0.3, 0.4) is 0 Å². The Bertz CT molecular complexity index is 62.6. The molecule has 9 heavy (non-hydrogen) atoms. The molecule has 0 N–H and O–H groups in total. The van der Waals surface area contributed by atoms with E-state index < -0.39 is 0 Å². The van der Waals surface area contributed by atoms with Crippen LogP contribution in [0.4, 0.5) is 0 Å². The fraction of sp³-hybridized carbons (Fsp3) is 0.500. The third kappa shape index (κ3) is 11.6. The van der Waals surface area contributed by atoms with Crippen molar-refractivity contribution in [2.75, 3.05) is 0 Å². The van der Waals surface area contributed by atoms with Gasteiger partial charge in [0.1, 0.15) is 0 Å². The van der Waals surface area contributed by atoms with Gasteiger partial charge in [0, 0.05) is 21.1 Å². The van der Waals surface area contributed by atoms with Crippen LogP contribution in [-0.2, 0) is 21.1 Å². The van der Waals surface area contributed by atoms with Crippen molar-refractivity contribution in [3.05, 3.63) is 24.3 Å². The normalized spacial score (nSPS) is 9.78. The van der Waals surface area contributed by atoms with Gasteiger partial charge in [0.05, 0.1) is 0 Å². The van der Waals surface area contributed by atoms with Gasteiger partial charge in [-0.05, 0) is 0 Å². The van der Waals surface area contributed by atoms with Crippen LogP contribution >= 0.6 is 0 Å². The first-order valence-electron chi connectivity index (χ1n) is 1.72. The molecule has 0 atom stereocenters. The molecule has 0 saturated heterocycles. The summed E-state index contributed by atoms with van der Waals surface area (Å²) in [5.74, 6) is 0. The summed E-state index contributed by atoms with van der Waals surface area (Å²) >= 11 is 0. The number of hydrogen-bond donors (Lipinski definition) is 0. The summed E-state index contributed by atoms with van der Waals surface area (Å²) in [7, 11) is 0. The van der Waals surface area contributed by atoms with Crippen molar-refractivity contribution in [2.45, 2.75) is 28.7 Å². The summed E-state index contributed by atoms with van der Waals surface area (Å²) < 4.78 is 0. The first kappa shape index (κ1) is 22.9. The third-order valence-electron chi connectivity index (χ3n) is 0.586. The summed E-state index contributed by atoms with van der Waals surface area (Å²) in [6.07, 6.45) is 10.0. The average molecular weight is 209 g/mol. The molecule has 0 aromatic rings. The van der Waals surface area contributed by atoms with Gasteiger partial charge in [0.25, 0.3) is 0 Å². The molecule has 0 spiro atoms. The van der Waals surface area contributed by atoms with E-state index in [1.807, 2.05) is 12.2 Å². The predicted octanol–water partition coefficient (Wildman–Crippen LogP) is 3.21. The van der Waals surface area contributed by atoms with E-state index in [0.717, 1.165) is 6.42 Å². The molecule has 0 fully saturated rings. The van der Waals surface area contributed by atoms with Crippen LogP contribution < -0.4 is 0 Å². The topological polar surface area (TPSA) is 0 Å². The van der Waals surface area contributed by atoms with E-state index in [9.17, 15) is 0 Å². The minimum absolute atomic E-state index is 0. The number of allylic oxidation sites excluding steroid dienone is 4. The molecule has 1 aliphatic carbocycles. The van der Waals surface area contributed by atoms with Crippen molar-refractivity contribution in [2.24, 2.45) is 0 Å². The van der Waals surface area contributed by atoms with Crippen LogP contribution in [0.1, 0.15) is 28.7 Å². The van der Waals surface area contributed by atoms with E-state index in [0.29, 0.717) is 0 Å². The maximum atomic E-state index is 2.99. The van der Waals surface area contributed by atoms with Gasteiger partial charge in [-0.3, -0.25) is 6.08 Å². The molecule has 0 heterocycles. The second kappa shape index (κ2) is 15.7. The van der Waals surface area contributed by atoms with Crippen molar-refractivity contribution in [3.8, 4) is 0 Å². The van der Waals surface area contributed by atoms with Crippen molar-refractivity contribution >= 4 is 0 Å². The molecule has 0 saturated carbocycles. The monoisotopic (exact) mass is 211 g/mol. The molecule has 1 aliphatic rings. The fourth-order valence-electron chi connectivity index (χ4n) is 0.340. The van der Waals surface area contributed by atoms with E-state index in [1.165, 1.54) is 0 Å². The van der Waals surface area contributed by atoms with E-state index in [-0.39, 0.29) is 43.3 Å². The Morgan fingerprint density at radius 1 is 1.11 bits per heavy atom. The molecule has 0 amide bonds. The third-order valence-corrected chi connectivity index (χ3v) is 0.586. The van der Waals surface area contributed by atoms with E-state index in [2.05, 4.69) is 12.2 Å². The standard InChI is InChI=1S/C5H5.3CH4.Mo/c1-2-4-5-3-1;;;;/h1-3H,4H2;3*1H4;/q-1;;;;. The Morgan fingerprint density at radius 3 is 1.78 bits per heavy atom. The zero-order valence-electron chi connectivity index (χ0n) is 3.35. The van der Waals surface area contributed by atoms with Gasteiger partial charge in [-0.1, -0.05) is 22.3 Å². The van der Waals surface area contributed by atoms with Crippen LogP contribution in [0.5, 0.6) is 0 Å². The maximum Gasteiger partial charge on any atom is 0 e. The van der Waals surface area contributed by atoms with Crippen molar-refractivity contribution in [3.63, 3.8) is 0 Å². The van der Waals surface area contributed by atoms with Crippen LogP contribution in [0.25, 0.3) is 0 Å². The molecule has 0 radical (unpaired) electrons. The Morgan fingerprint density at radius 2 is 1.67 bits per heavy atom. The van der Waals surface area contributed by atoms with Crippen molar-refractivity contribution in [1.82, 2.24) is 0 Å². The predicted molar refractivity (Wildman–Crippen MR) is 41.8 cm³/mol. The van der Waals surface area contributed by atoms with E-state index >= 15 is 0 Å². The summed E-state index contributed by atoms with van der Waals surface area (Å²) in [5, 5.41) is 0. The molecule has 1 heteroatoms. The van der Waals surface area contributed by atoms with Gasteiger partial charge in [0.2, 0.25) is 0 Å². The quantitative estimate of drug-likeness (QED) is 0.424. The van der Waals surface area contributed by atoms with E-state index in [1.54, 1.807) is 0 Å². The van der Waals surface area contributed by atoms with Gasteiger partial charge in [-0.15, -0.1) is 6.42 Å².